The number of rotatable bonds is 7. The van der Waals surface area contributed by atoms with Crippen molar-refractivity contribution in [3.63, 3.8) is 0 Å². The molecule has 0 spiro atoms. The van der Waals surface area contributed by atoms with Gasteiger partial charge in [0.1, 0.15) is 0 Å². The van der Waals surface area contributed by atoms with E-state index in [1.54, 1.807) is 0 Å². The van der Waals surface area contributed by atoms with Crippen molar-refractivity contribution in [2.75, 3.05) is 0 Å². The Morgan fingerprint density at radius 1 is 1.33 bits per heavy atom. The van der Waals surface area contributed by atoms with E-state index in [0.717, 1.165) is 28.2 Å². The van der Waals surface area contributed by atoms with Crippen LogP contribution in [0, 0.1) is 5.92 Å². The second-order valence-corrected chi connectivity index (χ2v) is 6.65. The molecular formula is C19H28BrN. The molecule has 0 aromatic heterocycles. The van der Waals surface area contributed by atoms with Crippen molar-refractivity contribution in [2.24, 2.45) is 11.7 Å². The second-order valence-electron chi connectivity index (χ2n) is 5.74. The van der Waals surface area contributed by atoms with E-state index in [-0.39, 0.29) is 0 Å². The predicted octanol–water partition coefficient (Wildman–Crippen LogP) is 4.48. The minimum absolute atomic E-state index is 0.426. The molecule has 0 aliphatic rings. The number of nitrogens with two attached hydrogens (primary N) is 1. The van der Waals surface area contributed by atoms with Crippen LogP contribution in [0.4, 0.5) is 0 Å². The van der Waals surface area contributed by atoms with Gasteiger partial charge in [-0.25, -0.2) is 0 Å². The van der Waals surface area contributed by atoms with Gasteiger partial charge in [-0.15, -0.1) is 0 Å². The molecule has 1 aromatic rings. The Morgan fingerprint density at radius 2 is 2.05 bits per heavy atom. The summed E-state index contributed by atoms with van der Waals surface area (Å²) in [6, 6.07) is 6.30. The van der Waals surface area contributed by atoms with E-state index in [4.69, 9.17) is 5.73 Å². The number of hydrogen-bond acceptors (Lipinski definition) is 1. The van der Waals surface area contributed by atoms with Gasteiger partial charge in [0.2, 0.25) is 0 Å². The van der Waals surface area contributed by atoms with Crippen molar-refractivity contribution in [3.05, 3.63) is 44.9 Å². The van der Waals surface area contributed by atoms with Crippen molar-refractivity contribution in [3.8, 4) is 0 Å². The van der Waals surface area contributed by atoms with Crippen LogP contribution in [0.2, 0.25) is 0 Å². The summed E-state index contributed by atoms with van der Waals surface area (Å²) in [5.41, 5.74) is 8.56. The SMILES string of the molecule is C=c1cc(Br)cc/c1=C(/C=C(/N)C(C)CC)CCCCC. The first-order valence-corrected chi connectivity index (χ1v) is 8.73. The Morgan fingerprint density at radius 3 is 2.62 bits per heavy atom. The van der Waals surface area contributed by atoms with Gasteiger partial charge in [0.15, 0.2) is 0 Å². The van der Waals surface area contributed by atoms with Gasteiger partial charge < -0.3 is 5.73 Å². The minimum atomic E-state index is 0.426. The molecule has 0 radical (unpaired) electrons. The average Bonchev–Trinajstić information content (AvgIpc) is 2.45. The maximum absolute atomic E-state index is 6.26. The molecule has 0 amide bonds. The van der Waals surface area contributed by atoms with Crippen LogP contribution >= 0.6 is 15.9 Å². The van der Waals surface area contributed by atoms with E-state index in [1.807, 2.05) is 0 Å². The summed E-state index contributed by atoms with van der Waals surface area (Å²) in [6.45, 7) is 10.8. The topological polar surface area (TPSA) is 26.0 Å². The number of unbranched alkanes of at least 4 members (excludes halogenated alkanes) is 2. The fraction of sp³-hybridized carbons (Fsp3) is 0.474. The highest BCUT2D eigenvalue weighted by Crippen LogP contribution is 2.16. The second kappa shape index (κ2) is 9.09. The molecule has 1 rings (SSSR count). The molecule has 2 N–H and O–H groups in total. The molecule has 1 atom stereocenters. The van der Waals surface area contributed by atoms with Gasteiger partial charge in [-0.3, -0.25) is 0 Å². The fourth-order valence-electron chi connectivity index (χ4n) is 2.30. The third-order valence-corrected chi connectivity index (χ3v) is 4.48. The zero-order chi connectivity index (χ0) is 15.8. The van der Waals surface area contributed by atoms with Gasteiger partial charge in [0.05, 0.1) is 0 Å². The van der Waals surface area contributed by atoms with Crippen molar-refractivity contribution >= 4 is 28.1 Å². The number of benzene rings is 1. The predicted molar refractivity (Wildman–Crippen MR) is 98.2 cm³/mol. The van der Waals surface area contributed by atoms with Crippen LogP contribution in [0.15, 0.2) is 34.4 Å². The van der Waals surface area contributed by atoms with Gasteiger partial charge in [-0.05, 0) is 59.4 Å². The Bertz CT molecular complexity index is 586. The lowest BCUT2D eigenvalue weighted by atomic mass is 9.98. The van der Waals surface area contributed by atoms with Crippen molar-refractivity contribution in [1.82, 2.24) is 0 Å². The molecule has 2 heteroatoms. The summed E-state index contributed by atoms with van der Waals surface area (Å²) in [4.78, 5) is 0. The molecule has 21 heavy (non-hydrogen) atoms. The third kappa shape index (κ3) is 5.70. The van der Waals surface area contributed by atoms with E-state index >= 15 is 0 Å². The van der Waals surface area contributed by atoms with Crippen LogP contribution in [-0.4, -0.2) is 0 Å². The smallest absolute Gasteiger partial charge is 0.0181 e. The molecule has 0 aliphatic carbocycles. The lowest BCUT2D eigenvalue weighted by molar-refractivity contribution is 0.647. The van der Waals surface area contributed by atoms with Crippen LogP contribution in [0.1, 0.15) is 52.9 Å². The van der Waals surface area contributed by atoms with Crippen molar-refractivity contribution < 1.29 is 0 Å². The number of allylic oxidation sites excluding steroid dienone is 2. The largest absolute Gasteiger partial charge is 0.402 e. The van der Waals surface area contributed by atoms with Gasteiger partial charge in [-0.2, -0.15) is 0 Å². The first kappa shape index (κ1) is 18.0. The molecule has 0 heterocycles. The van der Waals surface area contributed by atoms with Gasteiger partial charge >= 0.3 is 0 Å². The van der Waals surface area contributed by atoms with E-state index in [2.05, 4.69) is 67.6 Å². The summed E-state index contributed by atoms with van der Waals surface area (Å²) < 4.78 is 1.07. The number of hydrogen-bond donors (Lipinski definition) is 1. The summed E-state index contributed by atoms with van der Waals surface area (Å²) >= 11 is 3.51. The highest BCUT2D eigenvalue weighted by atomic mass is 79.9. The van der Waals surface area contributed by atoms with E-state index in [1.165, 1.54) is 30.1 Å². The molecule has 1 nitrogen and oxygen atoms in total. The third-order valence-electron chi connectivity index (χ3n) is 3.99. The molecule has 0 saturated heterocycles. The monoisotopic (exact) mass is 349 g/mol. The van der Waals surface area contributed by atoms with Crippen LogP contribution in [-0.2, 0) is 0 Å². The average molecular weight is 350 g/mol. The summed E-state index contributed by atoms with van der Waals surface area (Å²) in [7, 11) is 0. The molecule has 0 bridgehead atoms. The van der Waals surface area contributed by atoms with Gasteiger partial charge in [-0.1, -0.05) is 62.2 Å². The normalized spacial score (nSPS) is 15.0. The van der Waals surface area contributed by atoms with Crippen LogP contribution < -0.4 is 16.2 Å². The molecule has 1 unspecified atom stereocenters. The van der Waals surface area contributed by atoms with Crippen LogP contribution in [0.5, 0.6) is 0 Å². The van der Waals surface area contributed by atoms with Gasteiger partial charge in [0, 0.05) is 10.2 Å². The van der Waals surface area contributed by atoms with Crippen molar-refractivity contribution in [2.45, 2.75) is 52.9 Å². The summed E-state index contributed by atoms with van der Waals surface area (Å²) in [5, 5.41) is 2.28. The standard InChI is InChI=1S/C19H28BrN/c1-5-7-8-9-16(13-19(21)14(3)6-2)18-11-10-17(20)12-15(18)4/h10-14H,4-9,21H2,1-3H3/b18-16-,19-13+. The Balaban J connectivity index is 3.28. The summed E-state index contributed by atoms with van der Waals surface area (Å²) in [5.74, 6) is 0.426. The quantitative estimate of drug-likeness (QED) is 0.721. The van der Waals surface area contributed by atoms with E-state index < -0.39 is 0 Å². The Labute approximate surface area is 137 Å². The van der Waals surface area contributed by atoms with Gasteiger partial charge in [0.25, 0.3) is 0 Å². The van der Waals surface area contributed by atoms with Crippen LogP contribution in [0.25, 0.3) is 12.2 Å². The fourth-order valence-corrected chi connectivity index (χ4v) is 2.71. The first-order valence-electron chi connectivity index (χ1n) is 7.94. The van der Waals surface area contributed by atoms with E-state index in [0.29, 0.717) is 5.92 Å². The number of halogens is 1. The van der Waals surface area contributed by atoms with Crippen LogP contribution in [0.3, 0.4) is 0 Å². The Hall–Kier alpha value is -1.02. The molecule has 0 aliphatic heterocycles. The molecule has 1 aromatic carbocycles. The highest BCUT2D eigenvalue weighted by Gasteiger charge is 2.04. The van der Waals surface area contributed by atoms with Crippen molar-refractivity contribution in [1.29, 1.82) is 0 Å². The maximum atomic E-state index is 6.26. The zero-order valence-corrected chi connectivity index (χ0v) is 15.2. The first-order chi connectivity index (χ1) is 9.99. The molecule has 0 fully saturated rings. The highest BCUT2D eigenvalue weighted by molar-refractivity contribution is 9.10. The zero-order valence-electron chi connectivity index (χ0n) is 13.6. The minimum Gasteiger partial charge on any atom is -0.402 e. The van der Waals surface area contributed by atoms with E-state index in [9.17, 15) is 0 Å². The molecule has 116 valence electrons. The Kier molecular flexibility index (Phi) is 7.81. The maximum Gasteiger partial charge on any atom is 0.0181 e. The molecular weight excluding hydrogens is 322 g/mol. The lowest BCUT2D eigenvalue weighted by Gasteiger charge is -2.11. The molecule has 0 saturated carbocycles. The summed E-state index contributed by atoms with van der Waals surface area (Å²) in [6.07, 6.45) is 8.00. The lowest BCUT2D eigenvalue weighted by Crippen LogP contribution is -2.25.